The Morgan fingerprint density at radius 1 is 1.35 bits per heavy atom. The number of nitrogens with one attached hydrogen (secondary N) is 1. The van der Waals surface area contributed by atoms with Crippen molar-refractivity contribution < 1.29 is 4.79 Å². The zero-order valence-electron chi connectivity index (χ0n) is 11.3. The van der Waals surface area contributed by atoms with Gasteiger partial charge < -0.3 is 10.7 Å². The maximum atomic E-state index is 11.5. The SMILES string of the molecule is NC(=O)c1cccc2[nH]c(C3CCN3C3CCC3)nc12. The summed E-state index contributed by atoms with van der Waals surface area (Å²) in [5.74, 6) is 0.560. The van der Waals surface area contributed by atoms with E-state index in [0.29, 0.717) is 17.1 Å². The Balaban J connectivity index is 1.70. The molecule has 0 bridgehead atoms. The summed E-state index contributed by atoms with van der Waals surface area (Å²) in [6.45, 7) is 1.16. The Bertz CT molecular complexity index is 674. The first-order valence-electron chi connectivity index (χ1n) is 7.28. The van der Waals surface area contributed by atoms with Crippen molar-refractivity contribution in [2.75, 3.05) is 6.54 Å². The Kier molecular flexibility index (Phi) is 2.57. The van der Waals surface area contributed by atoms with E-state index in [4.69, 9.17) is 5.73 Å². The highest BCUT2D eigenvalue weighted by atomic mass is 16.1. The van der Waals surface area contributed by atoms with Crippen molar-refractivity contribution in [2.24, 2.45) is 5.73 Å². The second-order valence-electron chi connectivity index (χ2n) is 5.82. The third-order valence-corrected chi connectivity index (χ3v) is 4.72. The summed E-state index contributed by atoms with van der Waals surface area (Å²) in [7, 11) is 0. The number of likely N-dealkylation sites (tertiary alicyclic amines) is 1. The monoisotopic (exact) mass is 270 g/mol. The number of H-pyrrole nitrogens is 1. The molecule has 20 heavy (non-hydrogen) atoms. The van der Waals surface area contributed by atoms with E-state index in [9.17, 15) is 4.79 Å². The molecule has 5 heteroatoms. The molecule has 2 heterocycles. The van der Waals surface area contributed by atoms with Crippen molar-refractivity contribution in [3.63, 3.8) is 0 Å². The number of primary amides is 1. The van der Waals surface area contributed by atoms with Crippen LogP contribution in [-0.2, 0) is 0 Å². The van der Waals surface area contributed by atoms with E-state index in [2.05, 4.69) is 14.9 Å². The van der Waals surface area contributed by atoms with Crippen LogP contribution in [0.4, 0.5) is 0 Å². The van der Waals surface area contributed by atoms with Gasteiger partial charge in [0.1, 0.15) is 11.3 Å². The van der Waals surface area contributed by atoms with Crippen LogP contribution in [0.15, 0.2) is 18.2 Å². The van der Waals surface area contributed by atoms with Gasteiger partial charge in [-0.1, -0.05) is 12.5 Å². The first-order chi connectivity index (χ1) is 9.74. The highest BCUT2D eigenvalue weighted by molar-refractivity contribution is 6.04. The fourth-order valence-corrected chi connectivity index (χ4v) is 3.26. The van der Waals surface area contributed by atoms with Crippen LogP contribution >= 0.6 is 0 Å². The second-order valence-corrected chi connectivity index (χ2v) is 5.82. The molecule has 2 aromatic rings. The summed E-state index contributed by atoms with van der Waals surface area (Å²) in [6, 6.07) is 6.64. The van der Waals surface area contributed by atoms with Gasteiger partial charge >= 0.3 is 0 Å². The van der Waals surface area contributed by atoms with Crippen LogP contribution in [0.5, 0.6) is 0 Å². The summed E-state index contributed by atoms with van der Waals surface area (Å²) in [6.07, 6.45) is 5.11. The maximum absolute atomic E-state index is 11.5. The van der Waals surface area contributed by atoms with Gasteiger partial charge in [0.25, 0.3) is 5.91 Å². The normalized spacial score (nSPS) is 23.5. The first-order valence-corrected chi connectivity index (χ1v) is 7.28. The molecule has 1 aromatic heterocycles. The van der Waals surface area contributed by atoms with Gasteiger partial charge in [-0.3, -0.25) is 9.69 Å². The molecule has 1 unspecified atom stereocenters. The molecule has 1 aromatic carbocycles. The number of nitrogens with two attached hydrogens (primary N) is 1. The van der Waals surface area contributed by atoms with Crippen LogP contribution in [0, 0.1) is 0 Å². The third-order valence-electron chi connectivity index (χ3n) is 4.72. The van der Waals surface area contributed by atoms with E-state index in [-0.39, 0.29) is 0 Å². The number of carbonyl (C=O) groups excluding carboxylic acids is 1. The largest absolute Gasteiger partial charge is 0.366 e. The molecule has 1 aliphatic carbocycles. The van der Waals surface area contributed by atoms with Crippen LogP contribution in [0.3, 0.4) is 0 Å². The molecule has 1 aliphatic heterocycles. The lowest BCUT2D eigenvalue weighted by molar-refractivity contribution is 0.000270. The van der Waals surface area contributed by atoms with Gasteiger partial charge in [-0.2, -0.15) is 0 Å². The topological polar surface area (TPSA) is 75.0 Å². The van der Waals surface area contributed by atoms with Gasteiger partial charge in [-0.25, -0.2) is 4.98 Å². The van der Waals surface area contributed by atoms with E-state index in [0.717, 1.165) is 30.3 Å². The Labute approximate surface area is 117 Å². The minimum atomic E-state index is -0.418. The molecule has 1 saturated heterocycles. The Morgan fingerprint density at radius 3 is 2.80 bits per heavy atom. The highest BCUT2D eigenvalue weighted by Gasteiger charge is 2.39. The van der Waals surface area contributed by atoms with E-state index >= 15 is 0 Å². The molecule has 0 spiro atoms. The van der Waals surface area contributed by atoms with Gasteiger partial charge in [-0.05, 0) is 31.4 Å². The van der Waals surface area contributed by atoms with Gasteiger partial charge in [0.2, 0.25) is 0 Å². The Morgan fingerprint density at radius 2 is 2.20 bits per heavy atom. The lowest BCUT2D eigenvalue weighted by Crippen LogP contribution is -2.50. The number of imidazole rings is 1. The average molecular weight is 270 g/mol. The van der Waals surface area contributed by atoms with Crippen molar-refractivity contribution in [2.45, 2.75) is 37.8 Å². The molecule has 2 aliphatic rings. The molecule has 0 radical (unpaired) electrons. The van der Waals surface area contributed by atoms with Gasteiger partial charge in [0.15, 0.2) is 0 Å². The summed E-state index contributed by atoms with van der Waals surface area (Å²) < 4.78 is 0. The molecular formula is C15H18N4O. The Hall–Kier alpha value is -1.88. The van der Waals surface area contributed by atoms with Crippen LogP contribution in [-0.4, -0.2) is 33.4 Å². The summed E-state index contributed by atoms with van der Waals surface area (Å²) in [4.78, 5) is 22.0. The standard InChI is InChI=1S/C15H18N4O/c16-14(20)10-5-2-6-11-13(10)18-15(17-11)12-7-8-19(12)9-3-1-4-9/h2,5-6,9,12H,1,3-4,7-8H2,(H2,16,20)(H,17,18). The molecular weight excluding hydrogens is 252 g/mol. The van der Waals surface area contributed by atoms with E-state index in [1.807, 2.05) is 12.1 Å². The number of rotatable bonds is 3. The smallest absolute Gasteiger partial charge is 0.250 e. The van der Waals surface area contributed by atoms with Crippen LogP contribution < -0.4 is 5.73 Å². The number of fused-ring (bicyclic) bond motifs is 1. The zero-order chi connectivity index (χ0) is 13.7. The quantitative estimate of drug-likeness (QED) is 0.895. The number of carbonyl (C=O) groups is 1. The van der Waals surface area contributed by atoms with Crippen molar-refractivity contribution in [3.05, 3.63) is 29.6 Å². The average Bonchev–Trinajstić information content (AvgIpc) is 2.74. The molecule has 4 rings (SSSR count). The highest BCUT2D eigenvalue weighted by Crippen LogP contribution is 2.40. The number of para-hydroxylation sites is 1. The van der Waals surface area contributed by atoms with Gasteiger partial charge in [0.05, 0.1) is 17.1 Å². The number of hydrogen-bond donors (Lipinski definition) is 2. The summed E-state index contributed by atoms with van der Waals surface area (Å²) >= 11 is 0. The number of amides is 1. The molecule has 3 N–H and O–H groups in total. The third kappa shape index (κ3) is 1.66. The molecule has 1 amide bonds. The lowest BCUT2D eigenvalue weighted by atomic mass is 9.86. The molecule has 5 nitrogen and oxygen atoms in total. The van der Waals surface area contributed by atoms with Crippen molar-refractivity contribution in [3.8, 4) is 0 Å². The number of nitrogens with zero attached hydrogens (tertiary/aromatic N) is 2. The van der Waals surface area contributed by atoms with Crippen LogP contribution in [0.1, 0.15) is 47.9 Å². The van der Waals surface area contributed by atoms with Crippen LogP contribution in [0.25, 0.3) is 11.0 Å². The lowest BCUT2D eigenvalue weighted by Gasteiger charge is -2.48. The fraction of sp³-hybridized carbons (Fsp3) is 0.467. The van der Waals surface area contributed by atoms with Crippen molar-refractivity contribution in [1.82, 2.24) is 14.9 Å². The van der Waals surface area contributed by atoms with Crippen LogP contribution in [0.2, 0.25) is 0 Å². The minimum absolute atomic E-state index is 0.383. The predicted octanol–water partition coefficient (Wildman–Crippen LogP) is 1.96. The van der Waals surface area contributed by atoms with Crippen molar-refractivity contribution >= 4 is 16.9 Å². The first kappa shape index (κ1) is 11.9. The summed E-state index contributed by atoms with van der Waals surface area (Å²) in [5, 5.41) is 0. The van der Waals surface area contributed by atoms with Gasteiger partial charge in [0, 0.05) is 12.6 Å². The molecule has 1 saturated carbocycles. The van der Waals surface area contributed by atoms with Gasteiger partial charge in [-0.15, -0.1) is 0 Å². The maximum Gasteiger partial charge on any atom is 0.250 e. The number of aromatic nitrogens is 2. The zero-order valence-corrected chi connectivity index (χ0v) is 11.3. The second kappa shape index (κ2) is 4.31. The van der Waals surface area contributed by atoms with E-state index in [1.54, 1.807) is 6.07 Å². The number of hydrogen-bond acceptors (Lipinski definition) is 3. The number of aromatic amines is 1. The fourth-order valence-electron chi connectivity index (χ4n) is 3.26. The van der Waals surface area contributed by atoms with Crippen molar-refractivity contribution in [1.29, 1.82) is 0 Å². The van der Waals surface area contributed by atoms with E-state index < -0.39 is 5.91 Å². The molecule has 1 atom stereocenters. The minimum Gasteiger partial charge on any atom is -0.366 e. The summed E-state index contributed by atoms with van der Waals surface area (Å²) in [5.41, 5.74) is 7.52. The number of benzene rings is 1. The molecule has 104 valence electrons. The predicted molar refractivity (Wildman–Crippen MR) is 76.3 cm³/mol. The molecule has 2 fully saturated rings. The van der Waals surface area contributed by atoms with E-state index in [1.165, 1.54) is 19.3 Å².